The fourth-order valence-electron chi connectivity index (χ4n) is 3.80. The van der Waals surface area contributed by atoms with Gasteiger partial charge in [-0.05, 0) is 61.3 Å². The van der Waals surface area contributed by atoms with Crippen LogP contribution in [0.5, 0.6) is 5.75 Å². The topological polar surface area (TPSA) is 63.4 Å². The first-order valence-electron chi connectivity index (χ1n) is 10.8. The minimum absolute atomic E-state index is 0.164. The number of hydrogen-bond donors (Lipinski definition) is 1. The molecule has 1 N–H and O–H groups in total. The molecule has 0 saturated carbocycles. The van der Waals surface area contributed by atoms with E-state index in [-0.39, 0.29) is 6.04 Å². The summed E-state index contributed by atoms with van der Waals surface area (Å²) in [5.41, 5.74) is 3.94. The van der Waals surface area contributed by atoms with Crippen molar-refractivity contribution >= 4 is 22.9 Å². The van der Waals surface area contributed by atoms with Gasteiger partial charge in [-0.2, -0.15) is 4.98 Å². The number of nitrogens with zero attached hydrogens (tertiary/aromatic N) is 3. The largest absolute Gasteiger partial charge is 0.497 e. The molecule has 32 heavy (non-hydrogen) atoms. The lowest BCUT2D eigenvalue weighted by molar-refractivity contribution is 0.390. The van der Waals surface area contributed by atoms with Crippen LogP contribution in [0.2, 0.25) is 0 Å². The van der Waals surface area contributed by atoms with Gasteiger partial charge in [-0.15, -0.1) is 0 Å². The van der Waals surface area contributed by atoms with E-state index in [2.05, 4.69) is 48.3 Å². The van der Waals surface area contributed by atoms with Crippen LogP contribution in [0.15, 0.2) is 64.8 Å². The lowest BCUT2D eigenvalue weighted by Gasteiger charge is -2.37. The first kappa shape index (κ1) is 22.0. The summed E-state index contributed by atoms with van der Waals surface area (Å²) >= 11 is 5.74. The molecule has 0 bridgehead atoms. The molecule has 0 radical (unpaired) electrons. The normalized spacial score (nSPS) is 16.5. The summed E-state index contributed by atoms with van der Waals surface area (Å²) in [5.74, 6) is 2.39. The highest BCUT2D eigenvalue weighted by molar-refractivity contribution is 7.80. The molecule has 166 valence electrons. The standard InChI is InChI=1S/C25H28N4O2S/c1-16(2)14-15-29-17(3)21(22(26-25(29)32)18-8-6-5-7-9-18)24-27-23(28-31-24)19-10-12-20(30-4)13-11-19/h5-13,16,22H,14-15H2,1-4H3,(H,26,32). The molecule has 4 rings (SSSR count). The van der Waals surface area contributed by atoms with Crippen LogP contribution in [0.1, 0.15) is 44.7 Å². The maximum absolute atomic E-state index is 5.79. The van der Waals surface area contributed by atoms with Crippen LogP contribution in [0.25, 0.3) is 17.0 Å². The molecule has 1 aliphatic heterocycles. The summed E-state index contributed by atoms with van der Waals surface area (Å²) in [6.45, 7) is 7.34. The number of allylic oxidation sites excluding steroid dienone is 1. The average Bonchev–Trinajstić information content (AvgIpc) is 3.28. The van der Waals surface area contributed by atoms with Gasteiger partial charge < -0.3 is 19.5 Å². The second-order valence-electron chi connectivity index (χ2n) is 8.28. The number of benzene rings is 2. The summed E-state index contributed by atoms with van der Waals surface area (Å²) in [4.78, 5) is 6.89. The molecule has 2 heterocycles. The van der Waals surface area contributed by atoms with E-state index in [1.165, 1.54) is 0 Å². The van der Waals surface area contributed by atoms with Crippen molar-refractivity contribution in [1.82, 2.24) is 20.4 Å². The van der Waals surface area contributed by atoms with Gasteiger partial charge >= 0.3 is 0 Å². The van der Waals surface area contributed by atoms with Gasteiger partial charge in [-0.3, -0.25) is 0 Å². The van der Waals surface area contributed by atoms with Crippen molar-refractivity contribution in [3.8, 4) is 17.1 Å². The van der Waals surface area contributed by atoms with Gasteiger partial charge in [0.05, 0.1) is 18.7 Å². The van der Waals surface area contributed by atoms with Crippen molar-refractivity contribution in [2.45, 2.75) is 33.2 Å². The minimum Gasteiger partial charge on any atom is -0.497 e. The molecule has 0 fully saturated rings. The van der Waals surface area contributed by atoms with E-state index in [1.54, 1.807) is 7.11 Å². The smallest absolute Gasteiger partial charge is 0.258 e. The highest BCUT2D eigenvalue weighted by Gasteiger charge is 2.33. The average molecular weight is 449 g/mol. The molecule has 0 aliphatic carbocycles. The SMILES string of the molecule is COc1ccc(-c2noc(C3=C(C)N(CCC(C)C)C(=S)NC3c3ccccc3)n2)cc1. The molecule has 0 spiro atoms. The molecule has 1 aliphatic rings. The fourth-order valence-corrected chi connectivity index (χ4v) is 4.15. The van der Waals surface area contributed by atoms with Crippen molar-refractivity contribution < 1.29 is 9.26 Å². The van der Waals surface area contributed by atoms with E-state index in [1.807, 2.05) is 42.5 Å². The first-order valence-corrected chi connectivity index (χ1v) is 11.2. The Morgan fingerprint density at radius 3 is 2.50 bits per heavy atom. The van der Waals surface area contributed by atoms with Gasteiger partial charge in [0.1, 0.15) is 5.75 Å². The lowest BCUT2D eigenvalue weighted by atomic mass is 9.94. The van der Waals surface area contributed by atoms with Crippen molar-refractivity contribution in [3.05, 3.63) is 71.7 Å². The maximum atomic E-state index is 5.79. The Morgan fingerprint density at radius 1 is 1.12 bits per heavy atom. The van der Waals surface area contributed by atoms with E-state index in [9.17, 15) is 0 Å². The summed E-state index contributed by atoms with van der Waals surface area (Å²) in [6.07, 6.45) is 1.03. The van der Waals surface area contributed by atoms with Crippen LogP contribution in [0, 0.1) is 5.92 Å². The Bertz CT molecular complexity index is 1110. The molecular weight excluding hydrogens is 420 g/mol. The predicted molar refractivity (Wildman–Crippen MR) is 130 cm³/mol. The molecular formula is C25H28N4O2S. The lowest BCUT2D eigenvalue weighted by Crippen LogP contribution is -2.46. The fraction of sp³-hybridized carbons (Fsp3) is 0.320. The zero-order valence-corrected chi connectivity index (χ0v) is 19.6. The zero-order chi connectivity index (χ0) is 22.7. The highest BCUT2D eigenvalue weighted by Crippen LogP contribution is 2.37. The Morgan fingerprint density at radius 2 is 1.84 bits per heavy atom. The molecule has 1 aromatic heterocycles. The quantitative estimate of drug-likeness (QED) is 0.482. The van der Waals surface area contributed by atoms with Crippen molar-refractivity contribution in [1.29, 1.82) is 0 Å². The van der Waals surface area contributed by atoms with Crippen molar-refractivity contribution in [2.75, 3.05) is 13.7 Å². The second kappa shape index (κ2) is 9.53. The summed E-state index contributed by atoms with van der Waals surface area (Å²) in [5, 5.41) is 8.48. The summed E-state index contributed by atoms with van der Waals surface area (Å²) < 4.78 is 11.0. The third-order valence-corrected chi connectivity index (χ3v) is 6.00. The third kappa shape index (κ3) is 4.53. The number of methoxy groups -OCH3 is 1. The Labute approximate surface area is 194 Å². The number of rotatable bonds is 7. The number of ether oxygens (including phenoxy) is 1. The molecule has 2 aromatic carbocycles. The van der Waals surface area contributed by atoms with Gasteiger partial charge in [0, 0.05) is 17.8 Å². The van der Waals surface area contributed by atoms with E-state index in [0.717, 1.165) is 46.2 Å². The Hall–Kier alpha value is -3.19. The van der Waals surface area contributed by atoms with Crippen LogP contribution in [-0.4, -0.2) is 33.8 Å². The summed E-state index contributed by atoms with van der Waals surface area (Å²) in [7, 11) is 1.64. The summed E-state index contributed by atoms with van der Waals surface area (Å²) in [6, 6.07) is 17.7. The maximum Gasteiger partial charge on any atom is 0.258 e. The monoisotopic (exact) mass is 448 g/mol. The van der Waals surface area contributed by atoms with E-state index in [4.69, 9.17) is 26.5 Å². The third-order valence-electron chi connectivity index (χ3n) is 5.66. The number of thiocarbonyl (C=S) groups is 1. The molecule has 1 atom stereocenters. The Kier molecular flexibility index (Phi) is 6.55. The molecule has 3 aromatic rings. The molecule has 0 saturated heterocycles. The number of nitrogens with one attached hydrogen (secondary N) is 1. The van der Waals surface area contributed by atoms with Crippen molar-refractivity contribution in [2.24, 2.45) is 5.92 Å². The van der Waals surface area contributed by atoms with Crippen LogP contribution >= 0.6 is 12.2 Å². The van der Waals surface area contributed by atoms with Crippen LogP contribution < -0.4 is 10.1 Å². The second-order valence-corrected chi connectivity index (χ2v) is 8.66. The van der Waals surface area contributed by atoms with Gasteiger partial charge in [-0.1, -0.05) is 49.3 Å². The molecule has 6 nitrogen and oxygen atoms in total. The Balaban J connectivity index is 1.75. The molecule has 0 amide bonds. The van der Waals surface area contributed by atoms with Crippen molar-refractivity contribution in [3.63, 3.8) is 0 Å². The first-order chi connectivity index (χ1) is 15.5. The minimum atomic E-state index is -0.164. The molecule has 1 unspecified atom stereocenters. The van der Waals surface area contributed by atoms with Gasteiger partial charge in [0.15, 0.2) is 5.11 Å². The van der Waals surface area contributed by atoms with Gasteiger partial charge in [0.25, 0.3) is 5.89 Å². The van der Waals surface area contributed by atoms with E-state index >= 15 is 0 Å². The van der Waals surface area contributed by atoms with Crippen LogP contribution in [-0.2, 0) is 0 Å². The van der Waals surface area contributed by atoms with Gasteiger partial charge in [-0.25, -0.2) is 0 Å². The number of aromatic nitrogens is 2. The van der Waals surface area contributed by atoms with Crippen LogP contribution in [0.4, 0.5) is 0 Å². The van der Waals surface area contributed by atoms with Crippen LogP contribution in [0.3, 0.4) is 0 Å². The van der Waals surface area contributed by atoms with E-state index in [0.29, 0.717) is 17.6 Å². The zero-order valence-electron chi connectivity index (χ0n) is 18.8. The van der Waals surface area contributed by atoms with Gasteiger partial charge in [0.2, 0.25) is 5.82 Å². The number of hydrogen-bond acceptors (Lipinski definition) is 5. The van der Waals surface area contributed by atoms with E-state index < -0.39 is 0 Å². The predicted octanol–water partition coefficient (Wildman–Crippen LogP) is 5.45. The highest BCUT2D eigenvalue weighted by atomic mass is 32.1. The molecule has 7 heteroatoms.